The number of nitrogens with one attached hydrogen (secondary N) is 1. The van der Waals surface area contributed by atoms with Crippen molar-refractivity contribution in [1.29, 1.82) is 0 Å². The summed E-state index contributed by atoms with van der Waals surface area (Å²) in [4.78, 5) is 4.56. The van der Waals surface area contributed by atoms with Crippen LogP contribution in [-0.2, 0) is 0 Å². The van der Waals surface area contributed by atoms with E-state index in [1.807, 2.05) is 54.6 Å². The van der Waals surface area contributed by atoms with Crippen LogP contribution in [0, 0.1) is 0 Å². The predicted octanol–water partition coefficient (Wildman–Crippen LogP) is 4.49. The molecule has 3 aromatic rings. The average molecular weight is 362 g/mol. The summed E-state index contributed by atoms with van der Waals surface area (Å²) in [7, 11) is 0. The van der Waals surface area contributed by atoms with E-state index in [1.165, 1.54) is 0 Å². The third-order valence-electron chi connectivity index (χ3n) is 3.89. The molecule has 130 valence electrons. The summed E-state index contributed by atoms with van der Waals surface area (Å²) in [5.41, 5.74) is 3.65. The van der Waals surface area contributed by atoms with E-state index in [2.05, 4.69) is 39.6 Å². The van der Waals surface area contributed by atoms with Crippen LogP contribution in [-0.4, -0.2) is 27.2 Å². The van der Waals surface area contributed by atoms with Gasteiger partial charge < -0.3 is 10.1 Å². The van der Waals surface area contributed by atoms with Crippen molar-refractivity contribution in [3.63, 3.8) is 0 Å². The van der Waals surface area contributed by atoms with Crippen molar-refractivity contribution in [2.24, 2.45) is 0 Å². The predicted molar refractivity (Wildman–Crippen MR) is 105 cm³/mol. The number of ether oxygens (including phenoxy) is 1. The van der Waals surface area contributed by atoms with Crippen LogP contribution in [0.3, 0.4) is 0 Å². The number of nitrogens with zero attached hydrogens (tertiary/aromatic N) is 3. The van der Waals surface area contributed by atoms with E-state index in [0.717, 1.165) is 22.6 Å². The monoisotopic (exact) mass is 362 g/mol. The van der Waals surface area contributed by atoms with E-state index in [4.69, 9.17) is 4.74 Å². The lowest BCUT2D eigenvalue weighted by Crippen LogP contribution is -2.23. The molecule has 0 bridgehead atoms. The van der Waals surface area contributed by atoms with Gasteiger partial charge in [0.05, 0.1) is 0 Å². The fourth-order valence-corrected chi connectivity index (χ4v) is 3.21. The van der Waals surface area contributed by atoms with Gasteiger partial charge in [-0.2, -0.15) is 4.98 Å². The average Bonchev–Trinajstić information content (AvgIpc) is 2.83. The highest BCUT2D eigenvalue weighted by molar-refractivity contribution is 7.99. The smallest absolute Gasteiger partial charge is 0.247 e. The summed E-state index contributed by atoms with van der Waals surface area (Å²) in [5, 5.41) is 12.6. The van der Waals surface area contributed by atoms with E-state index >= 15 is 0 Å². The van der Waals surface area contributed by atoms with Gasteiger partial charge in [0, 0.05) is 11.3 Å². The Hall–Kier alpha value is -2.86. The van der Waals surface area contributed by atoms with Crippen LogP contribution in [0.4, 0.5) is 5.69 Å². The number of hydrogen-bond acceptors (Lipinski definition) is 6. The Morgan fingerprint density at radius 2 is 1.88 bits per heavy atom. The maximum atomic E-state index is 6.12. The Kier molecular flexibility index (Phi) is 4.84. The van der Waals surface area contributed by atoms with Crippen molar-refractivity contribution in [1.82, 2.24) is 15.2 Å². The quantitative estimate of drug-likeness (QED) is 0.690. The maximum Gasteiger partial charge on any atom is 0.247 e. The summed E-state index contributed by atoms with van der Waals surface area (Å²) in [5.74, 6) is 1.38. The van der Waals surface area contributed by atoms with Gasteiger partial charge in [-0.15, -0.1) is 10.2 Å². The highest BCUT2D eigenvalue weighted by Crippen LogP contribution is 2.36. The number of aromatic nitrogens is 3. The van der Waals surface area contributed by atoms with E-state index < -0.39 is 0 Å². The molecule has 4 rings (SSSR count). The molecule has 2 aromatic carbocycles. The Balaban J connectivity index is 1.72. The number of fused-ring (bicyclic) bond motifs is 3. The highest BCUT2D eigenvalue weighted by atomic mass is 32.2. The molecule has 0 fully saturated rings. The zero-order valence-corrected chi connectivity index (χ0v) is 15.1. The van der Waals surface area contributed by atoms with Crippen molar-refractivity contribution in [2.45, 2.75) is 18.3 Å². The topological polar surface area (TPSA) is 59.9 Å². The molecule has 26 heavy (non-hydrogen) atoms. The molecular formula is C20H18N4OS. The van der Waals surface area contributed by atoms with Gasteiger partial charge in [0.25, 0.3) is 0 Å². The third kappa shape index (κ3) is 3.55. The summed E-state index contributed by atoms with van der Waals surface area (Å²) >= 11 is 1.54. The fraction of sp³-hybridized carbons (Fsp3) is 0.150. The third-order valence-corrected chi connectivity index (χ3v) is 4.61. The molecule has 0 aliphatic carbocycles. The molecule has 0 radical (unpaired) electrons. The van der Waals surface area contributed by atoms with Crippen molar-refractivity contribution in [2.75, 3.05) is 11.1 Å². The molecule has 2 heterocycles. The van der Waals surface area contributed by atoms with Gasteiger partial charge in [-0.3, -0.25) is 0 Å². The molecule has 1 aliphatic rings. The molecule has 0 amide bonds. The van der Waals surface area contributed by atoms with Crippen LogP contribution >= 0.6 is 11.8 Å². The van der Waals surface area contributed by atoms with E-state index in [-0.39, 0.29) is 6.23 Å². The van der Waals surface area contributed by atoms with Crippen molar-refractivity contribution < 1.29 is 4.74 Å². The van der Waals surface area contributed by atoms with E-state index in [1.54, 1.807) is 11.8 Å². The summed E-state index contributed by atoms with van der Waals surface area (Å²) in [6.07, 6.45) is 3.66. The number of hydrogen-bond donors (Lipinski definition) is 1. The van der Waals surface area contributed by atoms with Crippen molar-refractivity contribution in [3.05, 3.63) is 66.2 Å². The highest BCUT2D eigenvalue weighted by Gasteiger charge is 2.23. The summed E-state index contributed by atoms with van der Waals surface area (Å²) in [6.45, 7) is 2.06. The first-order valence-electron chi connectivity index (χ1n) is 8.47. The zero-order chi connectivity index (χ0) is 17.8. The molecule has 1 aliphatic heterocycles. The number of anilines is 1. The van der Waals surface area contributed by atoms with Crippen molar-refractivity contribution >= 4 is 23.5 Å². The molecule has 6 heteroatoms. The van der Waals surface area contributed by atoms with Gasteiger partial charge in [0.2, 0.25) is 11.0 Å². The molecule has 0 spiro atoms. The standard InChI is InChI=1S/C20H18N4OS/c1-2-26-20-22-19-18(23-24-20)15-10-6-7-11-16(15)21-17(25-19)13-12-14-8-4-3-5-9-14/h3-13,17,21H,2H2,1H3/b13-12+/t17-/m0/s1. The first kappa shape index (κ1) is 16.6. The molecule has 1 N–H and O–H groups in total. The van der Waals surface area contributed by atoms with E-state index in [9.17, 15) is 0 Å². The Labute approximate surface area is 156 Å². The minimum absolute atomic E-state index is 0.353. The van der Waals surface area contributed by atoms with Crippen molar-refractivity contribution in [3.8, 4) is 17.1 Å². The molecule has 1 atom stereocenters. The maximum absolute atomic E-state index is 6.12. The first-order valence-corrected chi connectivity index (χ1v) is 9.45. The lowest BCUT2D eigenvalue weighted by molar-refractivity contribution is 0.266. The van der Waals surface area contributed by atoms with Crippen LogP contribution in [0.25, 0.3) is 17.3 Å². The second-order valence-electron chi connectivity index (χ2n) is 5.68. The van der Waals surface area contributed by atoms with Gasteiger partial charge in [-0.1, -0.05) is 73.3 Å². The second-order valence-corrected chi connectivity index (χ2v) is 6.91. The number of thioether (sulfide) groups is 1. The fourth-order valence-electron chi connectivity index (χ4n) is 2.71. The minimum Gasteiger partial charge on any atom is -0.448 e. The van der Waals surface area contributed by atoms with Gasteiger partial charge in [-0.05, 0) is 23.5 Å². The van der Waals surface area contributed by atoms with Gasteiger partial charge in [0.1, 0.15) is 0 Å². The SMILES string of the molecule is CCSc1nnc2c(n1)O[C@@H](/C=C/c1ccccc1)Nc1ccccc1-2. The van der Waals surface area contributed by atoms with Crippen LogP contribution in [0.1, 0.15) is 12.5 Å². The van der Waals surface area contributed by atoms with Crippen LogP contribution < -0.4 is 10.1 Å². The molecule has 0 saturated heterocycles. The minimum atomic E-state index is -0.353. The number of benzene rings is 2. The Morgan fingerprint density at radius 1 is 1.08 bits per heavy atom. The molecule has 0 unspecified atom stereocenters. The zero-order valence-electron chi connectivity index (χ0n) is 14.3. The summed E-state index contributed by atoms with van der Waals surface area (Å²) < 4.78 is 6.12. The van der Waals surface area contributed by atoms with Crippen LogP contribution in [0.5, 0.6) is 5.88 Å². The summed E-state index contributed by atoms with van der Waals surface area (Å²) in [6, 6.07) is 18.1. The van der Waals surface area contributed by atoms with Crippen LogP contribution in [0.15, 0.2) is 65.8 Å². The first-order chi connectivity index (χ1) is 12.8. The van der Waals surface area contributed by atoms with Gasteiger partial charge >= 0.3 is 0 Å². The lowest BCUT2D eigenvalue weighted by atomic mass is 10.1. The number of para-hydroxylation sites is 1. The Morgan fingerprint density at radius 3 is 2.73 bits per heavy atom. The Bertz CT molecular complexity index is 930. The number of rotatable bonds is 4. The lowest BCUT2D eigenvalue weighted by Gasteiger charge is -2.15. The largest absolute Gasteiger partial charge is 0.448 e. The van der Waals surface area contributed by atoms with Gasteiger partial charge in [0.15, 0.2) is 11.9 Å². The normalized spacial score (nSPS) is 15.5. The molecule has 0 saturated carbocycles. The van der Waals surface area contributed by atoms with Gasteiger partial charge in [-0.25, -0.2) is 0 Å². The molecule has 5 nitrogen and oxygen atoms in total. The molecular weight excluding hydrogens is 344 g/mol. The second kappa shape index (κ2) is 7.58. The molecule has 1 aromatic heterocycles. The van der Waals surface area contributed by atoms with E-state index in [0.29, 0.717) is 16.7 Å². The van der Waals surface area contributed by atoms with Crippen LogP contribution in [0.2, 0.25) is 0 Å².